The van der Waals surface area contributed by atoms with Crippen molar-refractivity contribution >= 4 is 35.0 Å². The number of halogens is 1. The molecule has 158 valence electrons. The lowest BCUT2D eigenvalue weighted by molar-refractivity contribution is -0.144. The highest BCUT2D eigenvalue weighted by Crippen LogP contribution is 2.32. The molecule has 2 aromatic rings. The Hall–Kier alpha value is -2.66. The van der Waals surface area contributed by atoms with Crippen LogP contribution in [0.1, 0.15) is 44.7 Å². The zero-order valence-electron chi connectivity index (χ0n) is 17.8. The standard InChI is InChI=1S/C24H27ClN2O3/c1-5-24(3,4)27(22(29)14-17-8-10-18(25)11-9-17)20-15-21(28)26(23(20)30)19-12-6-16(2)7-13-19/h6-13,20H,5,14-15H2,1-4H3. The smallest absolute Gasteiger partial charge is 0.257 e. The van der Waals surface area contributed by atoms with Crippen LogP contribution in [-0.2, 0) is 20.8 Å². The summed E-state index contributed by atoms with van der Waals surface area (Å²) in [6, 6.07) is 13.5. The second kappa shape index (κ2) is 8.60. The Balaban J connectivity index is 1.91. The maximum absolute atomic E-state index is 13.3. The number of hydrogen-bond acceptors (Lipinski definition) is 3. The zero-order valence-corrected chi connectivity index (χ0v) is 18.6. The summed E-state index contributed by atoms with van der Waals surface area (Å²) in [6.07, 6.45) is 0.785. The van der Waals surface area contributed by atoms with Gasteiger partial charge in [-0.1, -0.05) is 48.4 Å². The number of aryl methyl sites for hydroxylation is 1. The largest absolute Gasteiger partial charge is 0.325 e. The molecule has 3 rings (SSSR count). The Labute approximate surface area is 182 Å². The molecular weight excluding hydrogens is 400 g/mol. The molecule has 2 aromatic carbocycles. The Bertz CT molecular complexity index is 951. The summed E-state index contributed by atoms with van der Waals surface area (Å²) in [5.74, 6) is -0.819. The fourth-order valence-electron chi connectivity index (χ4n) is 3.75. The Morgan fingerprint density at radius 3 is 2.27 bits per heavy atom. The lowest BCUT2D eigenvalue weighted by atomic mass is 9.94. The minimum Gasteiger partial charge on any atom is -0.325 e. The molecule has 1 aliphatic rings. The first-order valence-electron chi connectivity index (χ1n) is 10.1. The van der Waals surface area contributed by atoms with E-state index in [1.165, 1.54) is 4.90 Å². The summed E-state index contributed by atoms with van der Waals surface area (Å²) in [7, 11) is 0. The van der Waals surface area contributed by atoms with E-state index in [2.05, 4.69) is 0 Å². The van der Waals surface area contributed by atoms with Crippen molar-refractivity contribution in [3.8, 4) is 0 Å². The van der Waals surface area contributed by atoms with Crippen molar-refractivity contribution in [3.63, 3.8) is 0 Å². The highest BCUT2D eigenvalue weighted by atomic mass is 35.5. The van der Waals surface area contributed by atoms with Crippen LogP contribution in [0.15, 0.2) is 48.5 Å². The van der Waals surface area contributed by atoms with Crippen molar-refractivity contribution in [3.05, 3.63) is 64.7 Å². The first-order chi connectivity index (χ1) is 14.1. The second-order valence-electron chi connectivity index (χ2n) is 8.36. The summed E-state index contributed by atoms with van der Waals surface area (Å²) in [5.41, 5.74) is 1.82. The number of benzene rings is 2. The zero-order chi connectivity index (χ0) is 22.1. The summed E-state index contributed by atoms with van der Waals surface area (Å²) in [4.78, 5) is 42.2. The van der Waals surface area contributed by atoms with Gasteiger partial charge in [0.25, 0.3) is 5.91 Å². The minimum absolute atomic E-state index is 0.0114. The molecule has 0 radical (unpaired) electrons. The van der Waals surface area contributed by atoms with Crippen LogP contribution < -0.4 is 4.90 Å². The van der Waals surface area contributed by atoms with Crippen LogP contribution in [-0.4, -0.2) is 34.2 Å². The molecule has 1 heterocycles. The lowest BCUT2D eigenvalue weighted by Gasteiger charge is -2.41. The Kier molecular flexibility index (Phi) is 6.32. The third-order valence-electron chi connectivity index (χ3n) is 5.78. The highest BCUT2D eigenvalue weighted by Gasteiger charge is 2.48. The van der Waals surface area contributed by atoms with Gasteiger partial charge < -0.3 is 4.90 Å². The molecule has 30 heavy (non-hydrogen) atoms. The van der Waals surface area contributed by atoms with Gasteiger partial charge in [0.1, 0.15) is 6.04 Å². The molecule has 6 heteroatoms. The number of amides is 3. The van der Waals surface area contributed by atoms with Crippen molar-refractivity contribution in [2.45, 2.75) is 58.5 Å². The molecule has 1 atom stereocenters. The molecule has 0 aromatic heterocycles. The maximum Gasteiger partial charge on any atom is 0.257 e. The van der Waals surface area contributed by atoms with Gasteiger partial charge in [0.05, 0.1) is 18.5 Å². The van der Waals surface area contributed by atoms with E-state index in [1.807, 2.05) is 39.8 Å². The minimum atomic E-state index is -0.812. The van der Waals surface area contributed by atoms with Gasteiger partial charge in [0.15, 0.2) is 0 Å². The molecular formula is C24H27ClN2O3. The first kappa shape index (κ1) is 22.0. The third kappa shape index (κ3) is 4.41. The Morgan fingerprint density at radius 2 is 1.70 bits per heavy atom. The van der Waals surface area contributed by atoms with E-state index < -0.39 is 11.6 Å². The van der Waals surface area contributed by atoms with Gasteiger partial charge in [-0.15, -0.1) is 0 Å². The van der Waals surface area contributed by atoms with Crippen molar-refractivity contribution in [1.29, 1.82) is 0 Å². The predicted molar refractivity (Wildman–Crippen MR) is 118 cm³/mol. The van der Waals surface area contributed by atoms with Crippen LogP contribution in [0.4, 0.5) is 5.69 Å². The molecule has 0 spiro atoms. The van der Waals surface area contributed by atoms with Crippen molar-refractivity contribution in [1.82, 2.24) is 4.90 Å². The average Bonchev–Trinajstić information content (AvgIpc) is 2.98. The molecule has 0 N–H and O–H groups in total. The number of carbonyl (C=O) groups is 3. The molecule has 1 unspecified atom stereocenters. The molecule has 0 saturated carbocycles. The monoisotopic (exact) mass is 426 g/mol. The van der Waals surface area contributed by atoms with E-state index in [0.29, 0.717) is 17.1 Å². The normalized spacial score (nSPS) is 16.8. The summed E-state index contributed by atoms with van der Waals surface area (Å²) in [6.45, 7) is 7.78. The molecule has 0 bridgehead atoms. The topological polar surface area (TPSA) is 57.7 Å². The summed E-state index contributed by atoms with van der Waals surface area (Å²) < 4.78 is 0. The van der Waals surface area contributed by atoms with E-state index in [4.69, 9.17) is 11.6 Å². The van der Waals surface area contributed by atoms with E-state index in [0.717, 1.165) is 11.1 Å². The summed E-state index contributed by atoms with van der Waals surface area (Å²) >= 11 is 5.95. The van der Waals surface area contributed by atoms with Crippen LogP contribution in [0.3, 0.4) is 0 Å². The number of imide groups is 1. The highest BCUT2D eigenvalue weighted by molar-refractivity contribution is 6.30. The lowest BCUT2D eigenvalue weighted by Crippen LogP contribution is -2.56. The van der Waals surface area contributed by atoms with Crippen LogP contribution in [0.2, 0.25) is 5.02 Å². The Morgan fingerprint density at radius 1 is 1.10 bits per heavy atom. The average molecular weight is 427 g/mol. The summed E-state index contributed by atoms with van der Waals surface area (Å²) in [5, 5.41) is 0.599. The van der Waals surface area contributed by atoms with Gasteiger partial charge in [0.2, 0.25) is 11.8 Å². The van der Waals surface area contributed by atoms with Crippen LogP contribution >= 0.6 is 11.6 Å². The quantitative estimate of drug-likeness (QED) is 0.637. The van der Waals surface area contributed by atoms with Crippen LogP contribution in [0.5, 0.6) is 0 Å². The molecule has 1 aliphatic heterocycles. The van der Waals surface area contributed by atoms with E-state index in [-0.39, 0.29) is 30.6 Å². The van der Waals surface area contributed by atoms with Gasteiger partial charge in [-0.2, -0.15) is 0 Å². The molecule has 1 fully saturated rings. The first-order valence-corrected chi connectivity index (χ1v) is 10.5. The van der Waals surface area contributed by atoms with Gasteiger partial charge in [-0.3, -0.25) is 14.4 Å². The maximum atomic E-state index is 13.3. The van der Waals surface area contributed by atoms with Crippen molar-refractivity contribution in [2.75, 3.05) is 4.90 Å². The number of nitrogens with zero attached hydrogens (tertiary/aromatic N) is 2. The second-order valence-corrected chi connectivity index (χ2v) is 8.79. The van der Waals surface area contributed by atoms with E-state index in [1.54, 1.807) is 41.3 Å². The number of anilines is 1. The molecule has 5 nitrogen and oxygen atoms in total. The van der Waals surface area contributed by atoms with Crippen molar-refractivity contribution < 1.29 is 14.4 Å². The van der Waals surface area contributed by atoms with Gasteiger partial charge in [-0.05, 0) is 57.0 Å². The molecule has 3 amide bonds. The molecule has 0 aliphatic carbocycles. The number of rotatable bonds is 6. The fourth-order valence-corrected chi connectivity index (χ4v) is 3.87. The van der Waals surface area contributed by atoms with Gasteiger partial charge in [0, 0.05) is 10.6 Å². The van der Waals surface area contributed by atoms with Crippen LogP contribution in [0, 0.1) is 6.92 Å². The van der Waals surface area contributed by atoms with E-state index in [9.17, 15) is 14.4 Å². The number of carbonyl (C=O) groups excluding carboxylic acids is 3. The van der Waals surface area contributed by atoms with Gasteiger partial charge >= 0.3 is 0 Å². The SMILES string of the molecule is CCC(C)(C)N(C(=O)Cc1ccc(Cl)cc1)C1CC(=O)N(c2ccc(C)cc2)C1=O. The number of hydrogen-bond donors (Lipinski definition) is 0. The van der Waals surface area contributed by atoms with Crippen LogP contribution in [0.25, 0.3) is 0 Å². The third-order valence-corrected chi connectivity index (χ3v) is 6.03. The fraction of sp³-hybridized carbons (Fsp3) is 0.375. The van der Waals surface area contributed by atoms with E-state index >= 15 is 0 Å². The van der Waals surface area contributed by atoms with Crippen molar-refractivity contribution in [2.24, 2.45) is 0 Å². The van der Waals surface area contributed by atoms with Gasteiger partial charge in [-0.25, -0.2) is 4.90 Å². The predicted octanol–water partition coefficient (Wildman–Crippen LogP) is 4.54. The molecule has 1 saturated heterocycles.